The Bertz CT molecular complexity index is 741. The molecule has 0 aliphatic carbocycles. The van der Waals surface area contributed by atoms with Crippen LogP contribution in [0.1, 0.15) is 5.56 Å². The highest BCUT2D eigenvalue weighted by Crippen LogP contribution is 2.35. The van der Waals surface area contributed by atoms with Gasteiger partial charge in [0.25, 0.3) is 0 Å². The van der Waals surface area contributed by atoms with Crippen LogP contribution in [0.15, 0.2) is 53.4 Å². The van der Waals surface area contributed by atoms with Crippen molar-refractivity contribution in [2.24, 2.45) is 5.14 Å². The summed E-state index contributed by atoms with van der Waals surface area (Å²) in [7, 11) is -3.83. The highest BCUT2D eigenvalue weighted by atomic mass is 32.2. The number of rotatable bonds is 3. The van der Waals surface area contributed by atoms with E-state index in [4.69, 9.17) is 5.14 Å². The second kappa shape index (κ2) is 5.38. The SMILES string of the molecule is NS(=O)(=O)c1ccc(Nc2ccccc2C(F)(F)F)cc1. The monoisotopic (exact) mass is 316 g/mol. The number of nitrogens with two attached hydrogens (primary N) is 1. The van der Waals surface area contributed by atoms with Crippen LogP contribution in [0.25, 0.3) is 0 Å². The topological polar surface area (TPSA) is 72.2 Å². The predicted octanol–water partition coefficient (Wildman–Crippen LogP) is 3.10. The van der Waals surface area contributed by atoms with E-state index in [9.17, 15) is 21.6 Å². The average Bonchev–Trinajstić information content (AvgIpc) is 2.37. The molecule has 4 nitrogen and oxygen atoms in total. The van der Waals surface area contributed by atoms with Crippen LogP contribution in [0.4, 0.5) is 24.5 Å². The number of para-hydroxylation sites is 1. The highest BCUT2D eigenvalue weighted by molar-refractivity contribution is 7.89. The van der Waals surface area contributed by atoms with Crippen LogP contribution in [-0.4, -0.2) is 8.42 Å². The van der Waals surface area contributed by atoms with E-state index in [1.165, 1.54) is 42.5 Å². The van der Waals surface area contributed by atoms with Crippen LogP contribution in [0.3, 0.4) is 0 Å². The van der Waals surface area contributed by atoms with Crippen molar-refractivity contribution in [2.75, 3.05) is 5.32 Å². The molecule has 0 aliphatic rings. The van der Waals surface area contributed by atoms with E-state index >= 15 is 0 Å². The fourth-order valence-corrected chi connectivity index (χ4v) is 2.24. The number of anilines is 2. The van der Waals surface area contributed by atoms with Crippen LogP contribution in [0.5, 0.6) is 0 Å². The van der Waals surface area contributed by atoms with Gasteiger partial charge in [0.1, 0.15) is 0 Å². The Labute approximate surface area is 119 Å². The molecule has 2 rings (SSSR count). The molecule has 0 atom stereocenters. The molecule has 0 unspecified atom stereocenters. The van der Waals surface area contributed by atoms with Crippen molar-refractivity contribution in [2.45, 2.75) is 11.1 Å². The van der Waals surface area contributed by atoms with E-state index in [2.05, 4.69) is 5.32 Å². The molecule has 0 spiro atoms. The number of halogens is 3. The van der Waals surface area contributed by atoms with Gasteiger partial charge in [0.2, 0.25) is 10.0 Å². The summed E-state index contributed by atoms with van der Waals surface area (Å²) in [6.07, 6.45) is -4.48. The van der Waals surface area contributed by atoms with Crippen molar-refractivity contribution in [3.8, 4) is 0 Å². The Kier molecular flexibility index (Phi) is 3.93. The Morgan fingerprint density at radius 1 is 0.952 bits per heavy atom. The second-order valence-electron chi connectivity index (χ2n) is 4.24. The maximum atomic E-state index is 12.8. The lowest BCUT2D eigenvalue weighted by Crippen LogP contribution is -2.12. The van der Waals surface area contributed by atoms with Gasteiger partial charge < -0.3 is 5.32 Å². The molecule has 112 valence electrons. The molecule has 3 N–H and O–H groups in total. The number of hydrogen-bond acceptors (Lipinski definition) is 3. The maximum Gasteiger partial charge on any atom is 0.418 e. The smallest absolute Gasteiger partial charge is 0.355 e. The minimum atomic E-state index is -4.48. The van der Waals surface area contributed by atoms with Crippen LogP contribution in [-0.2, 0) is 16.2 Å². The molecule has 0 amide bonds. The molecule has 0 aromatic heterocycles. The van der Waals surface area contributed by atoms with Crippen LogP contribution < -0.4 is 10.5 Å². The molecule has 0 radical (unpaired) electrons. The maximum absolute atomic E-state index is 12.8. The van der Waals surface area contributed by atoms with Gasteiger partial charge in [0.05, 0.1) is 16.1 Å². The summed E-state index contributed by atoms with van der Waals surface area (Å²) in [4.78, 5) is -0.114. The third-order valence-corrected chi connectivity index (χ3v) is 3.62. The molecule has 0 saturated heterocycles. The number of primary sulfonamides is 1. The molecule has 0 bridgehead atoms. The fraction of sp³-hybridized carbons (Fsp3) is 0.0769. The minimum Gasteiger partial charge on any atom is -0.355 e. The van der Waals surface area contributed by atoms with Crippen molar-refractivity contribution >= 4 is 21.4 Å². The van der Waals surface area contributed by atoms with Crippen LogP contribution in [0, 0.1) is 0 Å². The lowest BCUT2D eigenvalue weighted by Gasteiger charge is -2.14. The van der Waals surface area contributed by atoms with Crippen LogP contribution >= 0.6 is 0 Å². The van der Waals surface area contributed by atoms with Gasteiger partial charge in [-0.2, -0.15) is 13.2 Å². The Morgan fingerprint density at radius 3 is 2.05 bits per heavy atom. The van der Waals surface area contributed by atoms with Gasteiger partial charge in [-0.3, -0.25) is 0 Å². The molecule has 2 aromatic rings. The zero-order valence-electron chi connectivity index (χ0n) is 10.6. The number of nitrogens with one attached hydrogen (secondary N) is 1. The lowest BCUT2D eigenvalue weighted by molar-refractivity contribution is -0.136. The van der Waals surface area contributed by atoms with Crippen molar-refractivity contribution < 1.29 is 21.6 Å². The molecular formula is C13H11F3N2O2S. The molecule has 21 heavy (non-hydrogen) atoms. The molecule has 0 saturated carbocycles. The number of hydrogen-bond donors (Lipinski definition) is 2. The van der Waals surface area contributed by atoms with Crippen LogP contribution in [0.2, 0.25) is 0 Å². The van der Waals surface area contributed by atoms with Gasteiger partial charge in [-0.15, -0.1) is 0 Å². The zero-order chi connectivity index (χ0) is 15.7. The summed E-state index contributed by atoms with van der Waals surface area (Å²) in [6, 6.07) is 10.1. The van der Waals surface area contributed by atoms with E-state index in [-0.39, 0.29) is 10.6 Å². The molecular weight excluding hydrogens is 305 g/mol. The molecule has 0 fully saturated rings. The molecule has 0 aliphatic heterocycles. The summed E-state index contributed by atoms with van der Waals surface area (Å²) in [5.41, 5.74) is -0.604. The highest BCUT2D eigenvalue weighted by Gasteiger charge is 2.33. The summed E-state index contributed by atoms with van der Waals surface area (Å²) in [5, 5.41) is 7.55. The van der Waals surface area contributed by atoms with E-state index in [0.29, 0.717) is 5.69 Å². The summed E-state index contributed by atoms with van der Waals surface area (Å²) >= 11 is 0. The first kappa shape index (κ1) is 15.3. The first-order valence-corrected chi connectivity index (χ1v) is 7.29. The summed E-state index contributed by atoms with van der Waals surface area (Å²) in [5.74, 6) is 0. The standard InChI is InChI=1S/C13H11F3N2O2S/c14-13(15,16)11-3-1-2-4-12(11)18-9-5-7-10(8-6-9)21(17,19)20/h1-8,18H,(H2,17,19,20). The van der Waals surface area contributed by atoms with E-state index in [1.54, 1.807) is 0 Å². The first-order valence-electron chi connectivity index (χ1n) is 5.74. The third kappa shape index (κ3) is 3.73. The fourth-order valence-electron chi connectivity index (χ4n) is 1.72. The van der Waals surface area contributed by atoms with Gasteiger partial charge in [0, 0.05) is 5.69 Å². The average molecular weight is 316 g/mol. The van der Waals surface area contributed by atoms with Crippen molar-refractivity contribution in [3.63, 3.8) is 0 Å². The van der Waals surface area contributed by atoms with E-state index < -0.39 is 21.8 Å². The number of benzene rings is 2. The van der Waals surface area contributed by atoms with Crippen molar-refractivity contribution in [3.05, 3.63) is 54.1 Å². The van der Waals surface area contributed by atoms with Gasteiger partial charge in [0.15, 0.2) is 0 Å². The Morgan fingerprint density at radius 2 is 1.52 bits per heavy atom. The third-order valence-electron chi connectivity index (χ3n) is 2.69. The lowest BCUT2D eigenvalue weighted by atomic mass is 10.1. The summed E-state index contributed by atoms with van der Waals surface area (Å²) in [6.45, 7) is 0. The van der Waals surface area contributed by atoms with Gasteiger partial charge in [-0.05, 0) is 36.4 Å². The normalized spacial score (nSPS) is 12.2. The Balaban J connectivity index is 2.31. The summed E-state index contributed by atoms with van der Waals surface area (Å²) < 4.78 is 60.7. The van der Waals surface area contributed by atoms with E-state index in [1.807, 2.05) is 0 Å². The van der Waals surface area contributed by atoms with Gasteiger partial charge in [-0.1, -0.05) is 12.1 Å². The second-order valence-corrected chi connectivity index (χ2v) is 5.80. The van der Waals surface area contributed by atoms with Gasteiger partial charge >= 0.3 is 6.18 Å². The van der Waals surface area contributed by atoms with Crippen molar-refractivity contribution in [1.29, 1.82) is 0 Å². The zero-order valence-corrected chi connectivity index (χ0v) is 11.4. The molecule has 0 heterocycles. The van der Waals surface area contributed by atoms with Gasteiger partial charge in [-0.25, -0.2) is 13.6 Å². The quantitative estimate of drug-likeness (QED) is 0.914. The number of alkyl halides is 3. The van der Waals surface area contributed by atoms with E-state index in [0.717, 1.165) is 6.07 Å². The van der Waals surface area contributed by atoms with Crippen molar-refractivity contribution in [1.82, 2.24) is 0 Å². The molecule has 8 heteroatoms. The molecule has 2 aromatic carbocycles. The minimum absolute atomic E-state index is 0.114. The predicted molar refractivity (Wildman–Crippen MR) is 72.5 cm³/mol. The first-order chi connectivity index (χ1) is 9.68. The number of sulfonamides is 1. The Hall–Kier alpha value is -2.06. The largest absolute Gasteiger partial charge is 0.418 e.